The van der Waals surface area contributed by atoms with E-state index in [2.05, 4.69) is 65.8 Å². The summed E-state index contributed by atoms with van der Waals surface area (Å²) in [6.07, 6.45) is 9.69. The highest BCUT2D eigenvalue weighted by Crippen LogP contribution is 2.65. The minimum Gasteiger partial charge on any atom is -0.393 e. The number of rotatable bonds is 1. The van der Waals surface area contributed by atoms with Crippen molar-refractivity contribution in [3.8, 4) is 11.3 Å². The Hall–Kier alpha value is -1.13. The predicted octanol–water partition coefficient (Wildman–Crippen LogP) is 6.17. The number of benzene rings is 1. The van der Waals surface area contributed by atoms with Crippen molar-refractivity contribution in [1.29, 1.82) is 0 Å². The van der Waals surface area contributed by atoms with E-state index in [0.717, 1.165) is 41.0 Å². The fourth-order valence-electron chi connectivity index (χ4n) is 8.67. The van der Waals surface area contributed by atoms with Crippen LogP contribution in [0.15, 0.2) is 28.7 Å². The first kappa shape index (κ1) is 20.5. The van der Waals surface area contributed by atoms with E-state index in [0.29, 0.717) is 5.41 Å². The zero-order valence-corrected chi connectivity index (χ0v) is 20.7. The number of hydrogen-bond acceptors (Lipinski definition) is 2. The van der Waals surface area contributed by atoms with Crippen LogP contribution in [0.5, 0.6) is 0 Å². The van der Waals surface area contributed by atoms with Gasteiger partial charge in [-0.2, -0.15) is 5.10 Å². The van der Waals surface area contributed by atoms with Gasteiger partial charge in [-0.15, -0.1) is 0 Å². The van der Waals surface area contributed by atoms with Crippen LogP contribution in [0.4, 0.5) is 0 Å². The molecule has 1 aromatic heterocycles. The van der Waals surface area contributed by atoms with Crippen LogP contribution < -0.4 is 0 Å². The molecule has 6 rings (SSSR count). The van der Waals surface area contributed by atoms with Gasteiger partial charge in [-0.1, -0.05) is 41.9 Å². The average Bonchev–Trinajstić information content (AvgIpc) is 3.22. The second-order valence-corrected chi connectivity index (χ2v) is 12.5. The molecule has 31 heavy (non-hydrogen) atoms. The van der Waals surface area contributed by atoms with Crippen molar-refractivity contribution < 1.29 is 5.11 Å². The summed E-state index contributed by atoms with van der Waals surface area (Å²) in [5.41, 5.74) is 5.98. The summed E-state index contributed by atoms with van der Waals surface area (Å²) in [7, 11) is 2.12. The highest BCUT2D eigenvalue weighted by atomic mass is 79.9. The summed E-state index contributed by atoms with van der Waals surface area (Å²) in [5.74, 6) is 3.07. The van der Waals surface area contributed by atoms with Crippen LogP contribution in [0.2, 0.25) is 0 Å². The Morgan fingerprint density at radius 3 is 2.52 bits per heavy atom. The quantitative estimate of drug-likeness (QED) is 0.527. The molecule has 0 radical (unpaired) electrons. The van der Waals surface area contributed by atoms with Crippen molar-refractivity contribution in [3.63, 3.8) is 0 Å². The average molecular weight is 483 g/mol. The molecule has 166 valence electrons. The van der Waals surface area contributed by atoms with Crippen molar-refractivity contribution in [3.05, 3.63) is 40.0 Å². The number of aliphatic hydroxyl groups excluding tert-OH is 1. The maximum Gasteiger partial charge on any atom is 0.0714 e. The molecule has 7 atom stereocenters. The second kappa shape index (κ2) is 6.93. The minimum absolute atomic E-state index is 0.0794. The third-order valence-electron chi connectivity index (χ3n) is 10.4. The molecule has 1 N–H and O–H groups in total. The Morgan fingerprint density at radius 1 is 1.00 bits per heavy atom. The summed E-state index contributed by atoms with van der Waals surface area (Å²) >= 11 is 3.58. The van der Waals surface area contributed by atoms with Gasteiger partial charge in [0.2, 0.25) is 0 Å². The Kier molecular flexibility index (Phi) is 4.58. The van der Waals surface area contributed by atoms with Gasteiger partial charge in [0.05, 0.1) is 17.5 Å². The van der Waals surface area contributed by atoms with Gasteiger partial charge in [0.1, 0.15) is 0 Å². The molecular formula is C27H35BrN2O. The van der Waals surface area contributed by atoms with E-state index in [-0.39, 0.29) is 11.5 Å². The van der Waals surface area contributed by atoms with Gasteiger partial charge in [-0.25, -0.2) is 0 Å². The van der Waals surface area contributed by atoms with Crippen molar-refractivity contribution in [1.82, 2.24) is 9.78 Å². The second-order valence-electron chi connectivity index (χ2n) is 11.6. The van der Waals surface area contributed by atoms with E-state index in [1.165, 1.54) is 61.0 Å². The van der Waals surface area contributed by atoms with Crippen molar-refractivity contribution in [2.75, 3.05) is 0 Å². The van der Waals surface area contributed by atoms with Crippen LogP contribution in [-0.4, -0.2) is 21.0 Å². The number of nitrogens with zero attached hydrogens (tertiary/aromatic N) is 2. The Balaban J connectivity index is 1.38. The SMILES string of the molecule is Cn1nc2c(c1-c1ccc(Br)cc1)C[C@@]1(C)[C@@H](CC[C@@H]3[C@@H]1CC[C@]1(C)[C@@H](O)CC[C@@H]31)C2. The molecule has 4 aliphatic carbocycles. The van der Waals surface area contributed by atoms with Gasteiger partial charge in [-0.05, 0) is 98.0 Å². The number of aryl methyl sites for hydroxylation is 1. The number of fused-ring (bicyclic) bond motifs is 6. The molecule has 1 heterocycles. The lowest BCUT2D eigenvalue weighted by Gasteiger charge is -2.60. The van der Waals surface area contributed by atoms with Crippen molar-refractivity contribution >= 4 is 15.9 Å². The lowest BCUT2D eigenvalue weighted by atomic mass is 9.45. The molecule has 0 unspecified atom stereocenters. The van der Waals surface area contributed by atoms with Crippen molar-refractivity contribution in [2.24, 2.45) is 41.5 Å². The Morgan fingerprint density at radius 2 is 1.74 bits per heavy atom. The van der Waals surface area contributed by atoms with E-state index < -0.39 is 0 Å². The maximum absolute atomic E-state index is 10.8. The summed E-state index contributed by atoms with van der Waals surface area (Å²) in [6, 6.07) is 8.75. The van der Waals surface area contributed by atoms with Crippen LogP contribution >= 0.6 is 15.9 Å². The molecule has 0 amide bonds. The number of aliphatic hydroxyl groups is 1. The summed E-state index contributed by atoms with van der Waals surface area (Å²) in [4.78, 5) is 0. The van der Waals surface area contributed by atoms with Crippen LogP contribution in [0.25, 0.3) is 11.3 Å². The predicted molar refractivity (Wildman–Crippen MR) is 128 cm³/mol. The lowest BCUT2D eigenvalue weighted by Crippen LogP contribution is -2.54. The van der Waals surface area contributed by atoms with Gasteiger partial charge in [0.25, 0.3) is 0 Å². The summed E-state index contributed by atoms with van der Waals surface area (Å²) in [6.45, 7) is 5.01. The number of aromatic nitrogens is 2. The third-order valence-corrected chi connectivity index (χ3v) is 10.9. The lowest BCUT2D eigenvalue weighted by molar-refractivity contribution is -0.111. The van der Waals surface area contributed by atoms with Gasteiger partial charge < -0.3 is 5.11 Å². The monoisotopic (exact) mass is 482 g/mol. The topological polar surface area (TPSA) is 38.0 Å². The molecule has 0 spiro atoms. The molecule has 0 saturated heterocycles. The molecular weight excluding hydrogens is 448 g/mol. The minimum atomic E-state index is -0.0794. The van der Waals surface area contributed by atoms with E-state index in [9.17, 15) is 5.11 Å². The molecule has 3 nitrogen and oxygen atoms in total. The van der Waals surface area contributed by atoms with E-state index in [1.807, 2.05) is 0 Å². The van der Waals surface area contributed by atoms with Gasteiger partial charge in [-0.3, -0.25) is 4.68 Å². The number of hydrogen-bond donors (Lipinski definition) is 1. The highest BCUT2D eigenvalue weighted by molar-refractivity contribution is 9.10. The fourth-order valence-corrected chi connectivity index (χ4v) is 8.94. The highest BCUT2D eigenvalue weighted by Gasteiger charge is 2.60. The van der Waals surface area contributed by atoms with Crippen molar-refractivity contribution in [2.45, 2.75) is 71.3 Å². The van der Waals surface area contributed by atoms with E-state index in [1.54, 1.807) is 0 Å². The van der Waals surface area contributed by atoms with Crippen LogP contribution in [0.1, 0.15) is 63.6 Å². The normalized spacial score (nSPS) is 41.3. The smallest absolute Gasteiger partial charge is 0.0714 e. The molecule has 2 aromatic rings. The van der Waals surface area contributed by atoms with Crippen LogP contribution in [0, 0.1) is 34.5 Å². The molecule has 4 aliphatic rings. The van der Waals surface area contributed by atoms with Gasteiger partial charge in [0.15, 0.2) is 0 Å². The maximum atomic E-state index is 10.8. The summed E-state index contributed by atoms with van der Waals surface area (Å²) < 4.78 is 3.26. The first-order chi connectivity index (χ1) is 14.8. The van der Waals surface area contributed by atoms with Gasteiger partial charge >= 0.3 is 0 Å². The molecule has 0 bridgehead atoms. The van der Waals surface area contributed by atoms with E-state index >= 15 is 0 Å². The van der Waals surface area contributed by atoms with E-state index in [4.69, 9.17) is 5.10 Å². The first-order valence-corrected chi connectivity index (χ1v) is 13.1. The molecule has 3 saturated carbocycles. The summed E-state index contributed by atoms with van der Waals surface area (Å²) in [5, 5.41) is 15.8. The molecule has 1 aromatic carbocycles. The zero-order valence-electron chi connectivity index (χ0n) is 19.1. The number of halogens is 1. The van der Waals surface area contributed by atoms with Crippen LogP contribution in [0.3, 0.4) is 0 Å². The van der Waals surface area contributed by atoms with Gasteiger partial charge in [0, 0.05) is 22.6 Å². The zero-order chi connectivity index (χ0) is 21.5. The molecule has 4 heteroatoms. The molecule has 3 fully saturated rings. The largest absolute Gasteiger partial charge is 0.393 e. The molecule has 0 aliphatic heterocycles. The van der Waals surface area contributed by atoms with Crippen LogP contribution in [-0.2, 0) is 19.9 Å². The first-order valence-electron chi connectivity index (χ1n) is 12.3. The Bertz CT molecular complexity index is 1010. The fraction of sp³-hybridized carbons (Fsp3) is 0.667. The standard InChI is InChI=1S/C27H35BrN2O/c1-26-13-12-22-19(21(26)10-11-24(26)31)9-6-17-14-23-20(15-27(17,22)2)25(30(3)29-23)16-4-7-18(28)8-5-16/h4-5,7-8,17,19,21-22,24,31H,6,9-15H2,1-3H3/t17-,19-,21-,22-,24-,26-,27-/m0/s1. The Labute approximate surface area is 194 Å². The third kappa shape index (κ3) is 2.83.